The van der Waals surface area contributed by atoms with Crippen LogP contribution >= 0.6 is 0 Å². The lowest BCUT2D eigenvalue weighted by atomic mass is 10.1. The van der Waals surface area contributed by atoms with Crippen molar-refractivity contribution in [2.75, 3.05) is 6.54 Å². The zero-order valence-electron chi connectivity index (χ0n) is 11.8. The number of hydrogen-bond acceptors (Lipinski definition) is 5. The number of carbonyl (C=O) groups is 4. The molecule has 0 aliphatic rings. The molecule has 0 aliphatic carbocycles. The highest BCUT2D eigenvalue weighted by molar-refractivity contribution is 5.92. The highest BCUT2D eigenvalue weighted by atomic mass is 16.4. The first-order valence-electron chi connectivity index (χ1n) is 6.34. The molecule has 0 saturated carbocycles. The molecule has 0 aromatic heterocycles. The fourth-order valence-electron chi connectivity index (χ4n) is 1.55. The lowest BCUT2D eigenvalue weighted by Gasteiger charge is -2.19. The number of amides is 3. The molecule has 22 heavy (non-hydrogen) atoms. The fraction of sp³-hybridized carbons (Fsp3) is 0.545. The van der Waals surface area contributed by atoms with Crippen molar-refractivity contribution in [3.05, 3.63) is 0 Å². The van der Waals surface area contributed by atoms with Gasteiger partial charge in [-0.3, -0.25) is 24.2 Å². The maximum Gasteiger partial charge on any atom is 0.305 e. The van der Waals surface area contributed by atoms with Gasteiger partial charge in [-0.1, -0.05) is 0 Å². The SMILES string of the molecule is NC(=O)C(CC(=O)O)NC(=O)C(CCCN=C(N)N)NC=O. The Morgan fingerprint density at radius 3 is 2.27 bits per heavy atom. The molecule has 0 aliphatic heterocycles. The number of carboxylic acid groups (broad SMARTS) is 1. The van der Waals surface area contributed by atoms with Crippen molar-refractivity contribution in [2.24, 2.45) is 22.2 Å². The van der Waals surface area contributed by atoms with Gasteiger partial charge < -0.3 is 32.9 Å². The van der Waals surface area contributed by atoms with Crippen LogP contribution < -0.4 is 27.8 Å². The summed E-state index contributed by atoms with van der Waals surface area (Å²) in [4.78, 5) is 47.9. The second-order valence-electron chi connectivity index (χ2n) is 4.35. The number of aliphatic carboxylic acids is 1. The number of primary amides is 1. The molecule has 11 nitrogen and oxygen atoms in total. The summed E-state index contributed by atoms with van der Waals surface area (Å²) >= 11 is 0. The van der Waals surface area contributed by atoms with E-state index in [0.717, 1.165) is 0 Å². The van der Waals surface area contributed by atoms with Gasteiger partial charge in [0.1, 0.15) is 12.1 Å². The molecule has 11 heteroatoms. The van der Waals surface area contributed by atoms with E-state index in [-0.39, 0.29) is 18.9 Å². The largest absolute Gasteiger partial charge is 0.481 e. The summed E-state index contributed by atoms with van der Waals surface area (Å²) in [7, 11) is 0. The summed E-state index contributed by atoms with van der Waals surface area (Å²) in [5, 5.41) is 13.1. The number of carboxylic acids is 1. The van der Waals surface area contributed by atoms with Gasteiger partial charge in [-0.05, 0) is 12.8 Å². The highest BCUT2D eigenvalue weighted by Gasteiger charge is 2.25. The molecular formula is C11H20N6O5. The van der Waals surface area contributed by atoms with Crippen molar-refractivity contribution in [1.82, 2.24) is 10.6 Å². The second kappa shape index (κ2) is 9.96. The van der Waals surface area contributed by atoms with E-state index < -0.39 is 36.3 Å². The normalized spacial score (nSPS) is 12.5. The monoisotopic (exact) mass is 316 g/mol. The van der Waals surface area contributed by atoms with Gasteiger partial charge in [0.2, 0.25) is 18.2 Å². The Hall–Kier alpha value is -2.85. The molecule has 0 fully saturated rings. The molecule has 9 N–H and O–H groups in total. The molecule has 0 aromatic rings. The molecular weight excluding hydrogens is 296 g/mol. The van der Waals surface area contributed by atoms with Crippen molar-refractivity contribution in [3.8, 4) is 0 Å². The predicted octanol–water partition coefficient (Wildman–Crippen LogP) is -3.40. The van der Waals surface area contributed by atoms with Gasteiger partial charge in [-0.2, -0.15) is 0 Å². The molecule has 124 valence electrons. The molecule has 0 aromatic carbocycles. The van der Waals surface area contributed by atoms with Gasteiger partial charge in [0.25, 0.3) is 0 Å². The van der Waals surface area contributed by atoms with Crippen LogP contribution in [-0.4, -0.2) is 53.9 Å². The number of carbonyl (C=O) groups excluding carboxylic acids is 3. The Morgan fingerprint density at radius 2 is 1.82 bits per heavy atom. The molecule has 2 atom stereocenters. The third-order valence-corrected chi connectivity index (χ3v) is 2.57. The van der Waals surface area contributed by atoms with Crippen LogP contribution in [0.5, 0.6) is 0 Å². The fourth-order valence-corrected chi connectivity index (χ4v) is 1.55. The maximum absolute atomic E-state index is 11.9. The third kappa shape index (κ3) is 8.35. The summed E-state index contributed by atoms with van der Waals surface area (Å²) in [6.45, 7) is 0.251. The van der Waals surface area contributed by atoms with Gasteiger partial charge >= 0.3 is 5.97 Å². The lowest BCUT2D eigenvalue weighted by molar-refractivity contribution is -0.140. The van der Waals surface area contributed by atoms with Crippen LogP contribution in [0.15, 0.2) is 4.99 Å². The summed E-state index contributed by atoms with van der Waals surface area (Å²) in [6, 6.07) is -2.32. The number of aliphatic imine (C=N–C) groups is 1. The Kier molecular flexibility index (Phi) is 8.67. The van der Waals surface area contributed by atoms with Gasteiger partial charge in [0, 0.05) is 6.54 Å². The van der Waals surface area contributed by atoms with E-state index in [1.165, 1.54) is 0 Å². The molecule has 3 amide bonds. The number of guanidine groups is 1. The van der Waals surface area contributed by atoms with E-state index in [1.807, 2.05) is 0 Å². The minimum Gasteiger partial charge on any atom is -0.481 e. The molecule has 0 saturated heterocycles. The molecule has 2 unspecified atom stereocenters. The lowest BCUT2D eigenvalue weighted by Crippen LogP contribution is -2.52. The number of nitrogens with zero attached hydrogens (tertiary/aromatic N) is 1. The number of hydrogen-bond donors (Lipinski definition) is 6. The van der Waals surface area contributed by atoms with Crippen LogP contribution in [0.2, 0.25) is 0 Å². The van der Waals surface area contributed by atoms with Gasteiger partial charge in [0.05, 0.1) is 6.42 Å². The van der Waals surface area contributed by atoms with E-state index in [4.69, 9.17) is 22.3 Å². The molecule has 0 radical (unpaired) electrons. The van der Waals surface area contributed by atoms with Crippen molar-refractivity contribution in [3.63, 3.8) is 0 Å². The van der Waals surface area contributed by atoms with Crippen LogP contribution in [0.25, 0.3) is 0 Å². The summed E-state index contributed by atoms with van der Waals surface area (Å²) < 4.78 is 0. The molecule has 0 bridgehead atoms. The maximum atomic E-state index is 11.9. The minimum absolute atomic E-state index is 0.0976. The average molecular weight is 316 g/mol. The van der Waals surface area contributed by atoms with Crippen molar-refractivity contribution >= 4 is 30.2 Å². The van der Waals surface area contributed by atoms with Crippen molar-refractivity contribution in [2.45, 2.75) is 31.3 Å². The van der Waals surface area contributed by atoms with E-state index in [0.29, 0.717) is 12.8 Å². The minimum atomic E-state index is -1.36. The van der Waals surface area contributed by atoms with E-state index in [1.54, 1.807) is 0 Å². The van der Waals surface area contributed by atoms with Crippen LogP contribution in [0.4, 0.5) is 0 Å². The van der Waals surface area contributed by atoms with Gasteiger partial charge in [-0.25, -0.2) is 0 Å². The van der Waals surface area contributed by atoms with Crippen molar-refractivity contribution in [1.29, 1.82) is 0 Å². The Labute approximate surface area is 126 Å². The van der Waals surface area contributed by atoms with Crippen LogP contribution in [0, 0.1) is 0 Å². The zero-order chi connectivity index (χ0) is 17.1. The number of nitrogens with two attached hydrogens (primary N) is 3. The van der Waals surface area contributed by atoms with E-state index in [2.05, 4.69) is 15.6 Å². The van der Waals surface area contributed by atoms with Gasteiger partial charge in [0.15, 0.2) is 5.96 Å². The van der Waals surface area contributed by atoms with Crippen molar-refractivity contribution < 1.29 is 24.3 Å². The zero-order valence-corrected chi connectivity index (χ0v) is 11.8. The smallest absolute Gasteiger partial charge is 0.305 e. The number of rotatable bonds is 11. The van der Waals surface area contributed by atoms with E-state index >= 15 is 0 Å². The molecule has 0 heterocycles. The number of nitrogens with one attached hydrogen (secondary N) is 2. The summed E-state index contributed by atoms with van der Waals surface area (Å²) in [5.41, 5.74) is 15.3. The van der Waals surface area contributed by atoms with E-state index in [9.17, 15) is 19.2 Å². The molecule has 0 spiro atoms. The first-order chi connectivity index (χ1) is 10.3. The first-order valence-corrected chi connectivity index (χ1v) is 6.34. The van der Waals surface area contributed by atoms with Crippen LogP contribution in [-0.2, 0) is 19.2 Å². The molecule has 0 rings (SSSR count). The second-order valence-corrected chi connectivity index (χ2v) is 4.35. The highest BCUT2D eigenvalue weighted by Crippen LogP contribution is 2.00. The standard InChI is InChI=1S/C11H20N6O5/c12-9(21)7(4-8(19)20)17-10(22)6(16-5-18)2-1-3-15-11(13)14/h5-7H,1-4H2,(H2,12,21)(H,16,18)(H,17,22)(H,19,20)(H4,13,14,15). The average Bonchev–Trinajstić information content (AvgIpc) is 2.40. The summed E-state index contributed by atoms with van der Waals surface area (Å²) in [6.07, 6.45) is 0.251. The Morgan fingerprint density at radius 1 is 1.18 bits per heavy atom. The third-order valence-electron chi connectivity index (χ3n) is 2.57. The topological polar surface area (TPSA) is 203 Å². The first kappa shape index (κ1) is 19.1. The Balaban J connectivity index is 4.61. The quantitative estimate of drug-likeness (QED) is 0.0985. The van der Waals surface area contributed by atoms with Gasteiger partial charge in [-0.15, -0.1) is 0 Å². The van der Waals surface area contributed by atoms with Crippen LogP contribution in [0.3, 0.4) is 0 Å². The predicted molar refractivity (Wildman–Crippen MR) is 76.3 cm³/mol. The van der Waals surface area contributed by atoms with Crippen LogP contribution in [0.1, 0.15) is 19.3 Å². The Bertz CT molecular complexity index is 448. The summed E-state index contributed by atoms with van der Waals surface area (Å²) in [5.74, 6) is -3.10.